The van der Waals surface area contributed by atoms with Gasteiger partial charge in [0.05, 0.1) is 0 Å². The molecule has 20 heavy (non-hydrogen) atoms. The van der Waals surface area contributed by atoms with Gasteiger partial charge in [0.15, 0.2) is 5.84 Å². The number of pyridine rings is 1. The van der Waals surface area contributed by atoms with E-state index >= 15 is 0 Å². The second kappa shape index (κ2) is 5.27. The molecule has 1 amide bonds. The van der Waals surface area contributed by atoms with Gasteiger partial charge in [-0.2, -0.15) is 0 Å². The van der Waals surface area contributed by atoms with E-state index in [1.165, 1.54) is 0 Å². The topological polar surface area (TPSA) is 54.4 Å². The molecule has 0 bridgehead atoms. The number of carbonyl (C=O) groups is 1. The van der Waals surface area contributed by atoms with Crippen LogP contribution in [0.25, 0.3) is 6.08 Å². The fraction of sp³-hybridized carbons (Fsp3) is 0. The number of nitrogens with zero attached hydrogens (tertiary/aromatic N) is 2. The van der Waals surface area contributed by atoms with Crippen LogP contribution < -0.4 is 5.32 Å². The van der Waals surface area contributed by atoms with Crippen molar-refractivity contribution in [3.63, 3.8) is 0 Å². The second-order valence-electron chi connectivity index (χ2n) is 4.18. The molecule has 4 nitrogen and oxygen atoms in total. The van der Waals surface area contributed by atoms with Crippen molar-refractivity contribution in [1.82, 2.24) is 10.3 Å². The van der Waals surface area contributed by atoms with Gasteiger partial charge in [0.1, 0.15) is 11.4 Å². The van der Waals surface area contributed by atoms with Crippen molar-refractivity contribution in [3.05, 3.63) is 70.6 Å². The van der Waals surface area contributed by atoms with E-state index in [9.17, 15) is 4.79 Å². The normalized spacial score (nSPS) is 16.1. The predicted molar refractivity (Wildman–Crippen MR) is 78.3 cm³/mol. The third kappa shape index (κ3) is 2.46. The number of amidine groups is 1. The predicted octanol–water partition coefficient (Wildman–Crippen LogP) is 2.65. The molecule has 3 rings (SSSR count). The highest BCUT2D eigenvalue weighted by Crippen LogP contribution is 2.20. The molecule has 98 valence electrons. The molecule has 1 aromatic carbocycles. The summed E-state index contributed by atoms with van der Waals surface area (Å²) in [4.78, 5) is 20.3. The fourth-order valence-corrected chi connectivity index (χ4v) is 2.02. The molecule has 1 N–H and O–H groups in total. The molecule has 2 heterocycles. The van der Waals surface area contributed by atoms with Crippen LogP contribution in [-0.2, 0) is 4.79 Å². The summed E-state index contributed by atoms with van der Waals surface area (Å²) in [5.41, 5.74) is 1.70. The fourth-order valence-electron chi connectivity index (χ4n) is 1.83. The average molecular weight is 284 g/mol. The molecule has 0 saturated carbocycles. The van der Waals surface area contributed by atoms with Crippen molar-refractivity contribution < 1.29 is 4.79 Å². The largest absolute Gasteiger partial charge is 0.303 e. The number of carbonyl (C=O) groups excluding carboxylic acids is 1. The van der Waals surface area contributed by atoms with Crippen LogP contribution in [0.3, 0.4) is 0 Å². The summed E-state index contributed by atoms with van der Waals surface area (Å²) in [6.07, 6.45) is 3.31. The van der Waals surface area contributed by atoms with Crippen molar-refractivity contribution in [1.29, 1.82) is 0 Å². The number of aliphatic imine (C=N–C) groups is 1. The van der Waals surface area contributed by atoms with E-state index in [1.807, 2.05) is 24.3 Å². The maximum absolute atomic E-state index is 11.9. The SMILES string of the molecule is O=C1NC(c2ccccn2)=N/C1=C\c1ccccc1Cl. The molecule has 2 aromatic rings. The number of hydrogen-bond acceptors (Lipinski definition) is 3. The first-order chi connectivity index (χ1) is 9.74. The van der Waals surface area contributed by atoms with Gasteiger partial charge in [-0.1, -0.05) is 35.9 Å². The molecule has 1 aromatic heterocycles. The number of rotatable bonds is 2. The summed E-state index contributed by atoms with van der Waals surface area (Å²) in [5, 5.41) is 3.28. The minimum Gasteiger partial charge on any atom is -0.303 e. The maximum atomic E-state index is 11.9. The molecular formula is C15H10ClN3O. The molecule has 0 spiro atoms. The van der Waals surface area contributed by atoms with Crippen LogP contribution in [0.4, 0.5) is 0 Å². The van der Waals surface area contributed by atoms with E-state index in [2.05, 4.69) is 15.3 Å². The summed E-state index contributed by atoms with van der Waals surface area (Å²) in [6.45, 7) is 0. The Hall–Kier alpha value is -2.46. The molecule has 0 fully saturated rings. The van der Waals surface area contributed by atoms with Crippen LogP contribution >= 0.6 is 11.6 Å². The van der Waals surface area contributed by atoms with Gasteiger partial charge in [0, 0.05) is 11.2 Å². The van der Waals surface area contributed by atoms with Gasteiger partial charge in [-0.25, -0.2) is 4.99 Å². The zero-order valence-corrected chi connectivity index (χ0v) is 11.1. The van der Waals surface area contributed by atoms with Gasteiger partial charge in [-0.05, 0) is 29.8 Å². The van der Waals surface area contributed by atoms with Crippen LogP contribution in [0, 0.1) is 0 Å². The van der Waals surface area contributed by atoms with Crippen LogP contribution in [0.15, 0.2) is 59.4 Å². The van der Waals surface area contributed by atoms with Gasteiger partial charge in [-0.15, -0.1) is 0 Å². The summed E-state index contributed by atoms with van der Waals surface area (Å²) in [7, 11) is 0. The molecular weight excluding hydrogens is 274 g/mol. The first kappa shape index (κ1) is 12.6. The lowest BCUT2D eigenvalue weighted by molar-refractivity contribution is -0.115. The van der Waals surface area contributed by atoms with Crippen LogP contribution in [-0.4, -0.2) is 16.7 Å². The molecule has 0 unspecified atom stereocenters. The Morgan fingerprint density at radius 3 is 2.65 bits per heavy atom. The van der Waals surface area contributed by atoms with E-state index in [-0.39, 0.29) is 5.91 Å². The van der Waals surface area contributed by atoms with E-state index < -0.39 is 0 Å². The zero-order valence-electron chi connectivity index (χ0n) is 10.4. The van der Waals surface area contributed by atoms with Crippen molar-refractivity contribution in [3.8, 4) is 0 Å². The van der Waals surface area contributed by atoms with Gasteiger partial charge in [0.25, 0.3) is 5.91 Å². The van der Waals surface area contributed by atoms with Crippen molar-refractivity contribution >= 4 is 29.4 Å². The Morgan fingerprint density at radius 1 is 1.10 bits per heavy atom. The highest BCUT2D eigenvalue weighted by Gasteiger charge is 2.21. The molecule has 1 aliphatic rings. The van der Waals surface area contributed by atoms with Crippen molar-refractivity contribution in [2.75, 3.05) is 0 Å². The first-order valence-corrected chi connectivity index (χ1v) is 6.39. The van der Waals surface area contributed by atoms with Gasteiger partial charge in [0.2, 0.25) is 0 Å². The quantitative estimate of drug-likeness (QED) is 0.862. The van der Waals surface area contributed by atoms with Crippen LogP contribution in [0.2, 0.25) is 5.02 Å². The highest BCUT2D eigenvalue weighted by atomic mass is 35.5. The summed E-state index contributed by atoms with van der Waals surface area (Å²) >= 11 is 6.07. The number of halogens is 1. The lowest BCUT2D eigenvalue weighted by Gasteiger charge is -1.97. The third-order valence-corrected chi connectivity index (χ3v) is 3.15. The van der Waals surface area contributed by atoms with Crippen molar-refractivity contribution in [2.45, 2.75) is 0 Å². The van der Waals surface area contributed by atoms with Gasteiger partial charge in [-0.3, -0.25) is 9.78 Å². The highest BCUT2D eigenvalue weighted by molar-refractivity contribution is 6.32. The van der Waals surface area contributed by atoms with E-state index in [0.717, 1.165) is 5.56 Å². The number of hydrogen-bond donors (Lipinski definition) is 1. The molecule has 0 atom stereocenters. The van der Waals surface area contributed by atoms with Crippen molar-refractivity contribution in [2.24, 2.45) is 4.99 Å². The Bertz CT molecular complexity index is 723. The van der Waals surface area contributed by atoms with Gasteiger partial charge < -0.3 is 5.32 Å². The molecule has 0 saturated heterocycles. The number of amides is 1. The monoisotopic (exact) mass is 283 g/mol. The van der Waals surface area contributed by atoms with E-state index in [4.69, 9.17) is 11.6 Å². The molecule has 0 radical (unpaired) electrons. The summed E-state index contributed by atoms with van der Waals surface area (Å²) < 4.78 is 0. The first-order valence-electron chi connectivity index (χ1n) is 6.02. The minimum atomic E-state index is -0.259. The Labute approximate surface area is 120 Å². The number of aromatic nitrogens is 1. The van der Waals surface area contributed by atoms with Crippen LogP contribution in [0.1, 0.15) is 11.3 Å². The molecule has 0 aliphatic carbocycles. The maximum Gasteiger partial charge on any atom is 0.275 e. The van der Waals surface area contributed by atoms with Gasteiger partial charge >= 0.3 is 0 Å². The molecule has 1 aliphatic heterocycles. The zero-order chi connectivity index (χ0) is 13.9. The second-order valence-corrected chi connectivity index (χ2v) is 4.59. The lowest BCUT2D eigenvalue weighted by atomic mass is 10.2. The Morgan fingerprint density at radius 2 is 1.90 bits per heavy atom. The summed E-state index contributed by atoms with van der Waals surface area (Å²) in [5.74, 6) is 0.194. The number of nitrogens with one attached hydrogen (secondary N) is 1. The Kier molecular flexibility index (Phi) is 3.31. The minimum absolute atomic E-state index is 0.259. The lowest BCUT2D eigenvalue weighted by Crippen LogP contribution is -2.25. The van der Waals surface area contributed by atoms with E-state index in [0.29, 0.717) is 22.2 Å². The number of benzene rings is 1. The van der Waals surface area contributed by atoms with Crippen LogP contribution in [0.5, 0.6) is 0 Å². The standard InChI is InChI=1S/C15H10ClN3O/c16-11-6-2-1-5-10(11)9-13-15(20)19-14(18-13)12-7-3-4-8-17-12/h1-9H,(H,18,19,20)/b13-9-. The smallest absolute Gasteiger partial charge is 0.275 e. The molecule has 5 heteroatoms. The Balaban J connectivity index is 1.97. The van der Waals surface area contributed by atoms with E-state index in [1.54, 1.807) is 30.5 Å². The third-order valence-electron chi connectivity index (χ3n) is 2.80. The summed E-state index contributed by atoms with van der Waals surface area (Å²) in [6, 6.07) is 12.7. The average Bonchev–Trinajstić information content (AvgIpc) is 2.84.